The van der Waals surface area contributed by atoms with Crippen molar-refractivity contribution in [2.24, 2.45) is 0 Å². The Morgan fingerprint density at radius 1 is 1.21 bits per heavy atom. The number of thiophene rings is 1. The fraction of sp³-hybridized carbons (Fsp3) is 0.158. The first-order valence-corrected chi connectivity index (χ1v) is 11.1. The molecular weight excluding hydrogens is 396 g/mol. The van der Waals surface area contributed by atoms with E-state index in [9.17, 15) is 13.2 Å². The van der Waals surface area contributed by atoms with Gasteiger partial charge in [0.25, 0.3) is 0 Å². The normalized spacial score (nSPS) is 14.4. The lowest BCUT2D eigenvalue weighted by atomic mass is 10.2. The van der Waals surface area contributed by atoms with Gasteiger partial charge in [0.2, 0.25) is 15.9 Å². The number of hydrogen-bond acceptors (Lipinski definition) is 5. The van der Waals surface area contributed by atoms with Gasteiger partial charge < -0.3 is 5.32 Å². The van der Waals surface area contributed by atoms with Crippen LogP contribution in [0.25, 0.3) is 6.08 Å². The highest BCUT2D eigenvalue weighted by molar-refractivity contribution is 7.88. The van der Waals surface area contributed by atoms with Crippen LogP contribution >= 0.6 is 11.3 Å². The molecule has 0 fully saturated rings. The zero-order valence-electron chi connectivity index (χ0n) is 14.8. The van der Waals surface area contributed by atoms with E-state index >= 15 is 0 Å². The molecule has 2 aromatic heterocycles. The summed E-state index contributed by atoms with van der Waals surface area (Å²) in [4.78, 5) is 13.1. The fourth-order valence-corrected chi connectivity index (χ4v) is 5.05. The van der Waals surface area contributed by atoms with Crippen LogP contribution < -0.4 is 5.32 Å². The molecule has 28 heavy (non-hydrogen) atoms. The molecule has 1 aromatic carbocycles. The summed E-state index contributed by atoms with van der Waals surface area (Å²) >= 11 is 1.54. The van der Waals surface area contributed by atoms with E-state index in [1.807, 2.05) is 35.7 Å². The third kappa shape index (κ3) is 4.06. The lowest BCUT2D eigenvalue weighted by Gasteiger charge is -2.16. The van der Waals surface area contributed by atoms with Crippen LogP contribution in [0.15, 0.2) is 53.9 Å². The summed E-state index contributed by atoms with van der Waals surface area (Å²) < 4.78 is 26.8. The third-order valence-electron chi connectivity index (χ3n) is 4.39. The van der Waals surface area contributed by atoms with E-state index in [2.05, 4.69) is 15.5 Å². The summed E-state index contributed by atoms with van der Waals surface area (Å²) in [6.07, 6.45) is 3.17. The predicted molar refractivity (Wildman–Crippen MR) is 109 cm³/mol. The van der Waals surface area contributed by atoms with Gasteiger partial charge >= 0.3 is 0 Å². The van der Waals surface area contributed by atoms with Crippen LogP contribution in [0, 0.1) is 0 Å². The van der Waals surface area contributed by atoms with Crippen LogP contribution in [0.1, 0.15) is 21.7 Å². The topological polar surface area (TPSA) is 95.2 Å². The third-order valence-corrected chi connectivity index (χ3v) is 6.97. The van der Waals surface area contributed by atoms with E-state index < -0.39 is 10.0 Å². The molecule has 3 heterocycles. The monoisotopic (exact) mass is 414 g/mol. The van der Waals surface area contributed by atoms with E-state index in [4.69, 9.17) is 0 Å². The number of aromatic amines is 1. The maximum Gasteiger partial charge on any atom is 0.249 e. The van der Waals surface area contributed by atoms with E-state index in [0.717, 1.165) is 10.4 Å². The molecule has 4 rings (SSSR count). The Balaban J connectivity index is 1.43. The van der Waals surface area contributed by atoms with Gasteiger partial charge in [0.15, 0.2) is 0 Å². The second-order valence-corrected chi connectivity index (χ2v) is 9.32. The molecule has 1 amide bonds. The number of amides is 1. The van der Waals surface area contributed by atoms with Crippen molar-refractivity contribution in [2.45, 2.75) is 18.8 Å². The molecule has 1 aliphatic heterocycles. The zero-order valence-corrected chi connectivity index (χ0v) is 16.5. The first-order chi connectivity index (χ1) is 13.5. The summed E-state index contributed by atoms with van der Waals surface area (Å²) in [5, 5.41) is 11.6. The van der Waals surface area contributed by atoms with E-state index in [1.54, 1.807) is 18.2 Å². The predicted octanol–water partition coefficient (Wildman–Crippen LogP) is 2.97. The molecule has 7 nitrogen and oxygen atoms in total. The number of nitrogens with zero attached hydrogens (tertiary/aromatic N) is 2. The van der Waals surface area contributed by atoms with E-state index in [-0.39, 0.29) is 24.7 Å². The summed E-state index contributed by atoms with van der Waals surface area (Å²) in [5.74, 6) is 0.0752. The van der Waals surface area contributed by atoms with E-state index in [1.165, 1.54) is 21.7 Å². The second kappa shape index (κ2) is 7.70. The Morgan fingerprint density at radius 3 is 2.79 bits per heavy atom. The van der Waals surface area contributed by atoms with Gasteiger partial charge in [-0.3, -0.25) is 9.89 Å². The average molecular weight is 415 g/mol. The number of nitrogens with one attached hydrogen (secondary N) is 2. The number of carbonyl (C=O) groups excluding carboxylic acids is 1. The van der Waals surface area contributed by atoms with Crippen molar-refractivity contribution in [3.63, 3.8) is 0 Å². The van der Waals surface area contributed by atoms with Crippen LogP contribution in [0.3, 0.4) is 0 Å². The summed E-state index contributed by atoms with van der Waals surface area (Å²) in [6.45, 7) is 0.382. The van der Waals surface area contributed by atoms with Gasteiger partial charge in [-0.2, -0.15) is 9.40 Å². The number of rotatable bonds is 6. The standard InChI is InChI=1S/C19H18N4O3S2/c24-18(9-8-15-7-4-10-27-15)20-19-16-11-23(12-17(16)21-22-19)28(25,26)13-14-5-2-1-3-6-14/h1-10H,11-13H2,(H2,20,21,22,24). The molecule has 0 saturated heterocycles. The Bertz CT molecular complexity index is 1100. The minimum Gasteiger partial charge on any atom is -0.307 e. The van der Waals surface area contributed by atoms with Gasteiger partial charge in [-0.25, -0.2) is 8.42 Å². The maximum absolute atomic E-state index is 12.7. The molecule has 3 aromatic rings. The van der Waals surface area contributed by atoms with E-state index in [0.29, 0.717) is 17.1 Å². The second-order valence-electron chi connectivity index (χ2n) is 6.37. The van der Waals surface area contributed by atoms with Gasteiger partial charge in [-0.05, 0) is 23.1 Å². The summed E-state index contributed by atoms with van der Waals surface area (Å²) in [5.41, 5.74) is 2.07. The van der Waals surface area contributed by atoms with Crippen molar-refractivity contribution in [1.82, 2.24) is 14.5 Å². The van der Waals surface area contributed by atoms with Crippen LogP contribution in [0.2, 0.25) is 0 Å². The van der Waals surface area contributed by atoms with Crippen LogP contribution in [-0.4, -0.2) is 28.8 Å². The molecule has 0 spiro atoms. The van der Waals surface area contributed by atoms with Crippen LogP contribution in [0.5, 0.6) is 0 Å². The SMILES string of the molecule is O=C(C=Cc1cccs1)Nc1[nH]nc2c1CN(S(=O)(=O)Cc1ccccc1)C2. The highest BCUT2D eigenvalue weighted by atomic mass is 32.2. The molecule has 9 heteroatoms. The first-order valence-electron chi connectivity index (χ1n) is 8.62. The molecule has 2 N–H and O–H groups in total. The van der Waals surface area contributed by atoms with Crippen molar-refractivity contribution in [3.8, 4) is 0 Å². The highest BCUT2D eigenvalue weighted by Crippen LogP contribution is 2.30. The Labute approximate surface area is 166 Å². The fourth-order valence-electron chi connectivity index (χ4n) is 2.99. The molecule has 0 atom stereocenters. The number of sulfonamides is 1. The lowest BCUT2D eigenvalue weighted by molar-refractivity contribution is -0.111. The number of fused-ring (bicyclic) bond motifs is 1. The minimum atomic E-state index is -3.48. The zero-order chi connectivity index (χ0) is 19.6. The number of aromatic nitrogens is 2. The average Bonchev–Trinajstić information content (AvgIpc) is 3.39. The van der Waals surface area contributed by atoms with Gasteiger partial charge in [-0.1, -0.05) is 36.4 Å². The van der Waals surface area contributed by atoms with Gasteiger partial charge in [0, 0.05) is 23.1 Å². The smallest absolute Gasteiger partial charge is 0.249 e. The maximum atomic E-state index is 12.7. The number of carbonyl (C=O) groups is 1. The minimum absolute atomic E-state index is 0.0624. The van der Waals surface area contributed by atoms with Crippen molar-refractivity contribution in [3.05, 3.63) is 75.6 Å². The molecule has 0 radical (unpaired) electrons. The molecule has 0 aliphatic carbocycles. The Hall–Kier alpha value is -2.75. The van der Waals surface area contributed by atoms with Gasteiger partial charge in [0.05, 0.1) is 18.0 Å². The number of hydrogen-bond donors (Lipinski definition) is 2. The molecule has 0 saturated carbocycles. The quantitative estimate of drug-likeness (QED) is 0.606. The van der Waals surface area contributed by atoms with Crippen molar-refractivity contribution < 1.29 is 13.2 Å². The number of H-pyrrole nitrogens is 1. The largest absolute Gasteiger partial charge is 0.307 e. The van der Waals surface area contributed by atoms with Crippen molar-refractivity contribution >= 4 is 39.2 Å². The summed E-state index contributed by atoms with van der Waals surface area (Å²) in [6, 6.07) is 12.9. The lowest BCUT2D eigenvalue weighted by Crippen LogP contribution is -2.27. The molecule has 0 unspecified atom stereocenters. The Kier molecular flexibility index (Phi) is 5.12. The number of anilines is 1. The number of benzene rings is 1. The molecular formula is C19H18N4O3S2. The molecule has 144 valence electrons. The summed E-state index contributed by atoms with van der Waals surface area (Å²) in [7, 11) is -3.48. The molecule has 0 bridgehead atoms. The van der Waals surface area contributed by atoms with Gasteiger partial charge in [-0.15, -0.1) is 11.3 Å². The highest BCUT2D eigenvalue weighted by Gasteiger charge is 2.33. The first kappa shape index (κ1) is 18.6. The van der Waals surface area contributed by atoms with Crippen LogP contribution in [0.4, 0.5) is 5.82 Å². The van der Waals surface area contributed by atoms with Gasteiger partial charge in [0.1, 0.15) is 5.82 Å². The van der Waals surface area contributed by atoms with Crippen molar-refractivity contribution in [1.29, 1.82) is 0 Å². The Morgan fingerprint density at radius 2 is 2.04 bits per heavy atom. The van der Waals surface area contributed by atoms with Crippen LogP contribution in [-0.2, 0) is 33.7 Å². The van der Waals surface area contributed by atoms with Crippen molar-refractivity contribution in [2.75, 3.05) is 5.32 Å². The molecule has 1 aliphatic rings.